The van der Waals surface area contributed by atoms with Crippen LogP contribution in [0.2, 0.25) is 0 Å². The summed E-state index contributed by atoms with van der Waals surface area (Å²) in [5, 5.41) is 11.8. The molecule has 0 atom stereocenters. The van der Waals surface area contributed by atoms with E-state index in [1.165, 1.54) is 38.5 Å². The van der Waals surface area contributed by atoms with Crippen LogP contribution in [0.15, 0.2) is 40.6 Å². The molecule has 1 saturated carbocycles. The van der Waals surface area contributed by atoms with Crippen molar-refractivity contribution in [1.82, 2.24) is 14.8 Å². The minimum atomic E-state index is 0.115. The Kier molecular flexibility index (Phi) is 6.50. The van der Waals surface area contributed by atoms with Crippen LogP contribution in [-0.4, -0.2) is 20.7 Å². The van der Waals surface area contributed by atoms with Gasteiger partial charge in [0, 0.05) is 24.1 Å². The molecule has 25 heavy (non-hydrogen) atoms. The summed E-state index contributed by atoms with van der Waals surface area (Å²) in [6.45, 7) is 0. The highest BCUT2D eigenvalue weighted by atomic mass is 32.2. The molecule has 1 fully saturated rings. The largest absolute Gasteiger partial charge is 0.326 e. The molecule has 0 aliphatic heterocycles. The van der Waals surface area contributed by atoms with E-state index in [0.29, 0.717) is 6.42 Å². The highest BCUT2D eigenvalue weighted by molar-refractivity contribution is 7.99. The zero-order chi connectivity index (χ0) is 17.5. The number of amides is 1. The van der Waals surface area contributed by atoms with Gasteiger partial charge in [0.15, 0.2) is 5.16 Å². The monoisotopic (exact) mass is 358 g/mol. The first kappa shape index (κ1) is 18.0. The number of nitrogens with zero attached hydrogens (tertiary/aromatic N) is 3. The molecular weight excluding hydrogens is 332 g/mol. The van der Waals surface area contributed by atoms with Crippen molar-refractivity contribution in [3.8, 4) is 0 Å². The molecular formula is C19H26N4OS. The predicted octanol–water partition coefficient (Wildman–Crippen LogP) is 4.66. The van der Waals surface area contributed by atoms with Gasteiger partial charge in [0.25, 0.3) is 0 Å². The van der Waals surface area contributed by atoms with Crippen molar-refractivity contribution in [2.24, 2.45) is 13.0 Å². The number of carbonyl (C=O) groups is 1. The van der Waals surface area contributed by atoms with Gasteiger partial charge in [-0.3, -0.25) is 4.79 Å². The lowest BCUT2D eigenvalue weighted by Crippen LogP contribution is -2.12. The maximum atomic E-state index is 12.1. The molecule has 6 heteroatoms. The maximum Gasteiger partial charge on any atom is 0.224 e. The Labute approximate surface area is 153 Å². The Bertz CT molecular complexity index is 677. The van der Waals surface area contributed by atoms with Gasteiger partial charge in [0.05, 0.1) is 0 Å². The van der Waals surface area contributed by atoms with Crippen LogP contribution < -0.4 is 5.32 Å². The molecule has 5 nitrogen and oxygen atoms in total. The first-order valence-electron chi connectivity index (χ1n) is 9.12. The van der Waals surface area contributed by atoms with Crippen molar-refractivity contribution in [3.05, 3.63) is 30.6 Å². The van der Waals surface area contributed by atoms with Crippen LogP contribution in [0.25, 0.3) is 0 Å². The van der Waals surface area contributed by atoms with Crippen LogP contribution in [0.1, 0.15) is 51.4 Å². The maximum absolute atomic E-state index is 12.1. The molecule has 1 aliphatic carbocycles. The van der Waals surface area contributed by atoms with Crippen molar-refractivity contribution >= 4 is 23.4 Å². The van der Waals surface area contributed by atoms with E-state index in [-0.39, 0.29) is 5.91 Å². The second-order valence-corrected chi connectivity index (χ2v) is 7.84. The molecule has 0 bridgehead atoms. The van der Waals surface area contributed by atoms with Gasteiger partial charge in [-0.05, 0) is 54.8 Å². The molecule has 3 rings (SSSR count). The topological polar surface area (TPSA) is 59.8 Å². The quantitative estimate of drug-likeness (QED) is 0.782. The normalized spacial score (nSPS) is 15.2. The smallest absolute Gasteiger partial charge is 0.224 e. The Morgan fingerprint density at radius 3 is 2.68 bits per heavy atom. The van der Waals surface area contributed by atoms with Gasteiger partial charge in [0.1, 0.15) is 6.33 Å². The van der Waals surface area contributed by atoms with Crippen LogP contribution >= 0.6 is 11.8 Å². The minimum absolute atomic E-state index is 0.115. The van der Waals surface area contributed by atoms with Crippen LogP contribution in [-0.2, 0) is 11.8 Å². The molecule has 0 radical (unpaired) electrons. The fraction of sp³-hybridized carbons (Fsp3) is 0.526. The average molecular weight is 359 g/mol. The standard InChI is InChI=1S/C19H26N4OS/c1-23-14-20-22-19(23)25-17-12-10-16(11-13-17)21-18(24)9-5-8-15-6-3-2-4-7-15/h10-15H,2-9H2,1H3,(H,21,24). The van der Waals surface area contributed by atoms with E-state index in [0.717, 1.165) is 28.1 Å². The van der Waals surface area contributed by atoms with Crippen molar-refractivity contribution in [3.63, 3.8) is 0 Å². The van der Waals surface area contributed by atoms with Gasteiger partial charge >= 0.3 is 0 Å². The predicted molar refractivity (Wildman–Crippen MR) is 101 cm³/mol. The van der Waals surface area contributed by atoms with E-state index < -0.39 is 0 Å². The highest BCUT2D eigenvalue weighted by Gasteiger charge is 2.13. The third kappa shape index (κ3) is 5.59. The third-order valence-electron chi connectivity index (χ3n) is 4.76. The molecule has 1 aromatic heterocycles. The van der Waals surface area contributed by atoms with E-state index in [1.54, 1.807) is 18.1 Å². The van der Waals surface area contributed by atoms with E-state index in [9.17, 15) is 4.79 Å². The summed E-state index contributed by atoms with van der Waals surface area (Å²) in [5.41, 5.74) is 0.852. The van der Waals surface area contributed by atoms with Gasteiger partial charge in [-0.1, -0.05) is 32.1 Å². The summed E-state index contributed by atoms with van der Waals surface area (Å²) >= 11 is 1.55. The van der Waals surface area contributed by atoms with Crippen molar-refractivity contribution < 1.29 is 4.79 Å². The number of benzene rings is 1. The van der Waals surface area contributed by atoms with Gasteiger partial charge in [-0.15, -0.1) is 10.2 Å². The van der Waals surface area contributed by atoms with Gasteiger partial charge in [-0.25, -0.2) is 0 Å². The summed E-state index contributed by atoms with van der Waals surface area (Å²) < 4.78 is 1.88. The zero-order valence-electron chi connectivity index (χ0n) is 14.8. The average Bonchev–Trinajstić information content (AvgIpc) is 3.02. The number of hydrogen-bond donors (Lipinski definition) is 1. The van der Waals surface area contributed by atoms with Crippen molar-refractivity contribution in [2.75, 3.05) is 5.32 Å². The van der Waals surface area contributed by atoms with Gasteiger partial charge < -0.3 is 9.88 Å². The Balaban J connectivity index is 1.41. The molecule has 1 aliphatic rings. The van der Waals surface area contributed by atoms with E-state index in [2.05, 4.69) is 15.5 Å². The lowest BCUT2D eigenvalue weighted by Gasteiger charge is -2.21. The van der Waals surface area contributed by atoms with E-state index >= 15 is 0 Å². The zero-order valence-corrected chi connectivity index (χ0v) is 15.6. The van der Waals surface area contributed by atoms with E-state index in [1.807, 2.05) is 35.9 Å². The second-order valence-electron chi connectivity index (χ2n) is 6.80. The minimum Gasteiger partial charge on any atom is -0.326 e. The molecule has 134 valence electrons. The van der Waals surface area contributed by atoms with Crippen LogP contribution in [0.5, 0.6) is 0 Å². The Hall–Kier alpha value is -1.82. The first-order valence-corrected chi connectivity index (χ1v) is 9.94. The fourth-order valence-electron chi connectivity index (χ4n) is 3.33. The number of rotatable bonds is 7. The number of aromatic nitrogens is 3. The van der Waals surface area contributed by atoms with Crippen LogP contribution in [0, 0.1) is 5.92 Å². The Morgan fingerprint density at radius 1 is 1.24 bits per heavy atom. The number of aryl methyl sites for hydroxylation is 1. The number of hydrogen-bond acceptors (Lipinski definition) is 4. The summed E-state index contributed by atoms with van der Waals surface area (Å²) in [5.74, 6) is 0.961. The molecule has 2 aromatic rings. The molecule has 0 spiro atoms. The SMILES string of the molecule is Cn1cnnc1Sc1ccc(NC(=O)CCCC2CCCCC2)cc1. The third-order valence-corrected chi connectivity index (χ3v) is 5.82. The summed E-state index contributed by atoms with van der Waals surface area (Å²) in [4.78, 5) is 13.2. The molecule has 1 amide bonds. The highest BCUT2D eigenvalue weighted by Crippen LogP contribution is 2.28. The molecule has 1 N–H and O–H groups in total. The van der Waals surface area contributed by atoms with Gasteiger partial charge in [-0.2, -0.15) is 0 Å². The molecule has 1 heterocycles. The lowest BCUT2D eigenvalue weighted by molar-refractivity contribution is -0.116. The lowest BCUT2D eigenvalue weighted by atomic mass is 9.86. The second kappa shape index (κ2) is 9.04. The number of carbonyl (C=O) groups excluding carboxylic acids is 1. The fourth-order valence-corrected chi connectivity index (χ4v) is 4.09. The molecule has 0 unspecified atom stereocenters. The van der Waals surface area contributed by atoms with Crippen molar-refractivity contribution in [1.29, 1.82) is 0 Å². The van der Waals surface area contributed by atoms with Crippen LogP contribution in [0.3, 0.4) is 0 Å². The summed E-state index contributed by atoms with van der Waals surface area (Å²) in [6, 6.07) is 7.88. The molecule has 0 saturated heterocycles. The summed E-state index contributed by atoms with van der Waals surface area (Å²) in [7, 11) is 1.92. The van der Waals surface area contributed by atoms with E-state index in [4.69, 9.17) is 0 Å². The number of nitrogens with one attached hydrogen (secondary N) is 1. The number of anilines is 1. The first-order chi connectivity index (χ1) is 12.2. The van der Waals surface area contributed by atoms with Gasteiger partial charge in [0.2, 0.25) is 5.91 Å². The Morgan fingerprint density at radius 2 is 2.00 bits per heavy atom. The van der Waals surface area contributed by atoms with Crippen molar-refractivity contribution in [2.45, 2.75) is 61.4 Å². The molecule has 1 aromatic carbocycles. The van der Waals surface area contributed by atoms with Crippen LogP contribution in [0.4, 0.5) is 5.69 Å². The summed E-state index contributed by atoms with van der Waals surface area (Å²) in [6.07, 6.45) is 11.3.